The van der Waals surface area contributed by atoms with Gasteiger partial charge in [0.15, 0.2) is 0 Å². The van der Waals surface area contributed by atoms with Crippen LogP contribution in [0.4, 0.5) is 5.69 Å². The first kappa shape index (κ1) is 19.2. The summed E-state index contributed by atoms with van der Waals surface area (Å²) in [6, 6.07) is 14.4. The van der Waals surface area contributed by atoms with Crippen molar-refractivity contribution < 1.29 is 19.1 Å². The fourth-order valence-corrected chi connectivity index (χ4v) is 4.44. The zero-order valence-corrected chi connectivity index (χ0v) is 16.8. The van der Waals surface area contributed by atoms with Crippen LogP contribution in [0, 0.1) is 6.92 Å². The summed E-state index contributed by atoms with van der Waals surface area (Å²) in [5, 5.41) is 0. The number of nitrogens with zero attached hydrogens (tertiary/aromatic N) is 2. The molecule has 1 unspecified atom stereocenters. The molecule has 2 aliphatic rings. The highest BCUT2D eigenvalue weighted by atomic mass is 16.5. The number of hydrogen-bond donors (Lipinski definition) is 0. The lowest BCUT2D eigenvalue weighted by molar-refractivity contribution is -0.159. The molecule has 0 bridgehead atoms. The minimum absolute atomic E-state index is 0.0894. The number of hydrogen-bond acceptors (Lipinski definition) is 4. The zero-order chi connectivity index (χ0) is 20.8. The van der Waals surface area contributed by atoms with Crippen molar-refractivity contribution in [2.45, 2.75) is 51.9 Å². The molecule has 6 nitrogen and oxygen atoms in total. The number of carbonyl (C=O) groups excluding carboxylic acids is 3. The first-order valence-electron chi connectivity index (χ1n) is 9.85. The van der Waals surface area contributed by atoms with Crippen molar-refractivity contribution in [2.75, 3.05) is 4.90 Å². The van der Waals surface area contributed by atoms with E-state index in [0.29, 0.717) is 11.3 Å². The molecule has 0 radical (unpaired) electrons. The maximum atomic E-state index is 13.5. The summed E-state index contributed by atoms with van der Waals surface area (Å²) in [6.07, 6.45) is 0.404. The van der Waals surface area contributed by atoms with E-state index in [4.69, 9.17) is 4.74 Å². The monoisotopic (exact) mass is 392 g/mol. The summed E-state index contributed by atoms with van der Waals surface area (Å²) in [5.74, 6) is -1.00. The smallest absolute Gasteiger partial charge is 0.354 e. The zero-order valence-electron chi connectivity index (χ0n) is 16.8. The molecule has 1 saturated heterocycles. The second-order valence-electron chi connectivity index (χ2n) is 7.90. The predicted molar refractivity (Wildman–Crippen MR) is 108 cm³/mol. The van der Waals surface area contributed by atoms with Gasteiger partial charge >= 0.3 is 5.97 Å². The van der Waals surface area contributed by atoms with Gasteiger partial charge in [-0.25, -0.2) is 4.79 Å². The molecule has 0 N–H and O–H groups in total. The molecule has 29 heavy (non-hydrogen) atoms. The maximum absolute atomic E-state index is 13.5. The number of fused-ring (bicyclic) bond motifs is 3. The topological polar surface area (TPSA) is 66.9 Å². The third kappa shape index (κ3) is 2.90. The number of ether oxygens (including phenoxy) is 1. The van der Waals surface area contributed by atoms with Crippen LogP contribution in [0.3, 0.4) is 0 Å². The molecule has 2 heterocycles. The van der Waals surface area contributed by atoms with E-state index in [1.165, 1.54) is 9.80 Å². The summed E-state index contributed by atoms with van der Waals surface area (Å²) in [6.45, 7) is 5.76. The highest BCUT2D eigenvalue weighted by Gasteiger charge is 2.62. The summed E-state index contributed by atoms with van der Waals surface area (Å²) in [5.41, 5.74) is 1.40. The van der Waals surface area contributed by atoms with Crippen molar-refractivity contribution >= 4 is 23.5 Å². The number of para-hydroxylation sites is 1. The molecule has 4 rings (SSSR count). The van der Waals surface area contributed by atoms with E-state index in [-0.39, 0.29) is 37.3 Å². The van der Waals surface area contributed by atoms with Gasteiger partial charge in [-0.3, -0.25) is 14.5 Å². The van der Waals surface area contributed by atoms with Crippen LogP contribution < -0.4 is 4.90 Å². The van der Waals surface area contributed by atoms with E-state index in [1.54, 1.807) is 24.3 Å². The van der Waals surface area contributed by atoms with Crippen molar-refractivity contribution in [1.29, 1.82) is 0 Å². The van der Waals surface area contributed by atoms with E-state index in [0.717, 1.165) is 11.1 Å². The summed E-state index contributed by atoms with van der Waals surface area (Å²) < 4.78 is 5.69. The molecule has 2 aromatic rings. The van der Waals surface area contributed by atoms with Gasteiger partial charge in [-0.15, -0.1) is 0 Å². The Morgan fingerprint density at radius 2 is 1.90 bits per heavy atom. The Morgan fingerprint density at radius 3 is 2.62 bits per heavy atom. The molecular formula is C23H24N2O4. The van der Waals surface area contributed by atoms with Crippen LogP contribution in [0.2, 0.25) is 0 Å². The van der Waals surface area contributed by atoms with Gasteiger partial charge in [0, 0.05) is 18.9 Å². The lowest BCUT2D eigenvalue weighted by Crippen LogP contribution is -2.70. The summed E-state index contributed by atoms with van der Waals surface area (Å²) in [4.78, 5) is 42.6. The first-order valence-corrected chi connectivity index (χ1v) is 9.85. The van der Waals surface area contributed by atoms with Crippen molar-refractivity contribution in [3.8, 4) is 0 Å². The Labute approximate surface area is 170 Å². The number of esters is 1. The van der Waals surface area contributed by atoms with Gasteiger partial charge < -0.3 is 9.64 Å². The number of amides is 2. The molecule has 2 aromatic carbocycles. The van der Waals surface area contributed by atoms with Crippen molar-refractivity contribution in [2.24, 2.45) is 0 Å². The van der Waals surface area contributed by atoms with E-state index < -0.39 is 11.6 Å². The fraction of sp³-hybridized carbons (Fsp3) is 0.348. The number of anilines is 1. The van der Waals surface area contributed by atoms with Gasteiger partial charge in [-0.05, 0) is 38.5 Å². The second kappa shape index (κ2) is 7.03. The van der Waals surface area contributed by atoms with E-state index in [1.807, 2.05) is 45.0 Å². The SMILES string of the molecule is Cc1cccc(COC(=O)C23CCC(=O)N2c2ccccc2C(=O)N3C(C)C)c1. The van der Waals surface area contributed by atoms with Gasteiger partial charge in [0.2, 0.25) is 11.6 Å². The molecule has 0 spiro atoms. The third-order valence-electron chi connectivity index (χ3n) is 5.60. The molecule has 2 amide bonds. The lowest BCUT2D eigenvalue weighted by atomic mass is 9.95. The number of aryl methyl sites for hydroxylation is 1. The lowest BCUT2D eigenvalue weighted by Gasteiger charge is -2.50. The van der Waals surface area contributed by atoms with Crippen LogP contribution in [0.25, 0.3) is 0 Å². The van der Waals surface area contributed by atoms with Gasteiger partial charge in [0.25, 0.3) is 5.91 Å². The van der Waals surface area contributed by atoms with Crippen molar-refractivity contribution in [1.82, 2.24) is 4.90 Å². The molecule has 1 fully saturated rings. The Morgan fingerprint density at radius 1 is 1.14 bits per heavy atom. The normalized spacial score (nSPS) is 20.7. The fourth-order valence-electron chi connectivity index (χ4n) is 4.44. The highest BCUT2D eigenvalue weighted by Crippen LogP contribution is 2.46. The third-order valence-corrected chi connectivity index (χ3v) is 5.60. The minimum atomic E-state index is -1.44. The second-order valence-corrected chi connectivity index (χ2v) is 7.90. The van der Waals surface area contributed by atoms with Crippen LogP contribution >= 0.6 is 0 Å². The van der Waals surface area contributed by atoms with Crippen molar-refractivity contribution in [3.63, 3.8) is 0 Å². The number of benzene rings is 2. The average molecular weight is 392 g/mol. The molecule has 1 atom stereocenters. The van der Waals surface area contributed by atoms with Crippen LogP contribution in [-0.2, 0) is 20.9 Å². The van der Waals surface area contributed by atoms with Gasteiger partial charge in [-0.2, -0.15) is 0 Å². The number of rotatable bonds is 4. The standard InChI is InChI=1S/C23H24N2O4/c1-15(2)24-21(27)18-9-4-5-10-19(18)25-20(26)11-12-23(24,25)22(28)29-14-17-8-6-7-16(3)13-17/h4-10,13,15H,11-12,14H2,1-3H3. The first-order chi connectivity index (χ1) is 13.9. The summed E-state index contributed by atoms with van der Waals surface area (Å²) >= 11 is 0. The van der Waals surface area contributed by atoms with Crippen LogP contribution in [-0.4, -0.2) is 34.4 Å². The Kier molecular flexibility index (Phi) is 4.65. The van der Waals surface area contributed by atoms with E-state index >= 15 is 0 Å². The Bertz CT molecular complexity index is 1000. The van der Waals surface area contributed by atoms with Crippen molar-refractivity contribution in [3.05, 3.63) is 65.2 Å². The maximum Gasteiger partial charge on any atom is 0.354 e. The molecular weight excluding hydrogens is 368 g/mol. The van der Waals surface area contributed by atoms with Gasteiger partial charge in [0.05, 0.1) is 11.3 Å². The molecule has 0 aliphatic carbocycles. The largest absolute Gasteiger partial charge is 0.458 e. The average Bonchev–Trinajstić information content (AvgIpc) is 3.04. The van der Waals surface area contributed by atoms with Gasteiger partial charge in [-0.1, -0.05) is 42.0 Å². The Balaban J connectivity index is 1.76. The van der Waals surface area contributed by atoms with Crippen LogP contribution in [0.1, 0.15) is 48.2 Å². The number of carbonyl (C=O) groups is 3. The molecule has 6 heteroatoms. The molecule has 0 aromatic heterocycles. The van der Waals surface area contributed by atoms with E-state index in [2.05, 4.69) is 0 Å². The highest BCUT2D eigenvalue weighted by molar-refractivity contribution is 6.15. The molecule has 2 aliphatic heterocycles. The summed E-state index contributed by atoms with van der Waals surface area (Å²) in [7, 11) is 0. The molecule has 0 saturated carbocycles. The van der Waals surface area contributed by atoms with Gasteiger partial charge in [0.1, 0.15) is 6.61 Å². The molecule has 150 valence electrons. The minimum Gasteiger partial charge on any atom is -0.458 e. The Hall–Kier alpha value is -3.15. The van der Waals surface area contributed by atoms with E-state index in [9.17, 15) is 14.4 Å². The quantitative estimate of drug-likeness (QED) is 0.748. The van der Waals surface area contributed by atoms with Crippen LogP contribution in [0.5, 0.6) is 0 Å². The van der Waals surface area contributed by atoms with Crippen LogP contribution in [0.15, 0.2) is 48.5 Å². The predicted octanol–water partition coefficient (Wildman–Crippen LogP) is 3.43.